The Morgan fingerprint density at radius 2 is 2.41 bits per heavy atom. The highest BCUT2D eigenvalue weighted by Gasteiger charge is 2.16. The second kappa shape index (κ2) is 5.10. The van der Waals surface area contributed by atoms with Crippen LogP contribution in [0.3, 0.4) is 0 Å². The molecule has 0 atom stereocenters. The highest BCUT2D eigenvalue weighted by molar-refractivity contribution is 7.16. The summed E-state index contributed by atoms with van der Waals surface area (Å²) < 4.78 is 8.05. The van der Waals surface area contributed by atoms with E-state index in [0.717, 1.165) is 5.52 Å². The quantitative estimate of drug-likeness (QED) is 0.472. The first-order valence-corrected chi connectivity index (χ1v) is 6.22. The van der Waals surface area contributed by atoms with Crippen LogP contribution < -0.4 is 4.57 Å². The van der Waals surface area contributed by atoms with Gasteiger partial charge in [0.05, 0.1) is 0 Å². The van der Waals surface area contributed by atoms with Gasteiger partial charge in [0.2, 0.25) is 17.6 Å². The number of carbonyl (C=O) groups excluding carboxylic acids is 1. The fourth-order valence-electron chi connectivity index (χ4n) is 1.59. The van der Waals surface area contributed by atoms with Crippen molar-refractivity contribution in [1.29, 1.82) is 0 Å². The predicted molar refractivity (Wildman–Crippen MR) is 67.9 cm³/mol. The molecule has 0 saturated carbocycles. The van der Waals surface area contributed by atoms with Gasteiger partial charge in [-0.1, -0.05) is 30.1 Å². The minimum absolute atomic E-state index is 0.241. The first kappa shape index (κ1) is 11.8. The van der Waals surface area contributed by atoms with Crippen LogP contribution in [0.25, 0.3) is 10.2 Å². The van der Waals surface area contributed by atoms with Crippen molar-refractivity contribution in [3.05, 3.63) is 41.9 Å². The fraction of sp³-hybridized carbons (Fsp3) is 0.231. The van der Waals surface area contributed by atoms with E-state index in [1.807, 2.05) is 22.2 Å². The van der Waals surface area contributed by atoms with Crippen LogP contribution in [0.2, 0.25) is 0 Å². The van der Waals surface area contributed by atoms with Gasteiger partial charge in [-0.25, -0.2) is 4.79 Å². The molecule has 88 valence electrons. The molecule has 0 unspecified atom stereocenters. The van der Waals surface area contributed by atoms with Crippen LogP contribution in [0.4, 0.5) is 0 Å². The highest BCUT2D eigenvalue weighted by atomic mass is 32.1. The molecule has 4 heteroatoms. The second-order valence-corrected chi connectivity index (χ2v) is 4.68. The minimum atomic E-state index is -0.241. The number of aryl methyl sites for hydroxylation is 1. The number of aromatic nitrogens is 1. The molecule has 0 fully saturated rings. The number of rotatable bonds is 4. The van der Waals surface area contributed by atoms with Crippen LogP contribution in [0.1, 0.15) is 5.56 Å². The fourth-order valence-corrected chi connectivity index (χ4v) is 2.58. The lowest BCUT2D eigenvalue weighted by Gasteiger charge is -1.97. The summed E-state index contributed by atoms with van der Waals surface area (Å²) in [5.74, 6) is -0.241. The summed E-state index contributed by atoms with van der Waals surface area (Å²) >= 11 is 1.63. The zero-order chi connectivity index (χ0) is 12.3. The average molecular weight is 248 g/mol. The van der Waals surface area contributed by atoms with Gasteiger partial charge in [-0.15, -0.1) is 0 Å². The summed E-state index contributed by atoms with van der Waals surface area (Å²) in [7, 11) is 0. The van der Waals surface area contributed by atoms with Crippen LogP contribution in [0, 0.1) is 6.92 Å². The topological polar surface area (TPSA) is 30.2 Å². The van der Waals surface area contributed by atoms with E-state index in [1.54, 1.807) is 17.4 Å². The molecule has 0 amide bonds. The standard InChI is InChI=1S/C13H14NO2S/c1-3-6-16-13(15)8-14-9-17-12-7-10(2)4-5-11(12)14/h3-5,7,9H,1,6,8H2,2H3/q+1. The maximum atomic E-state index is 11.5. The van der Waals surface area contributed by atoms with Crippen LogP contribution >= 0.6 is 11.3 Å². The maximum absolute atomic E-state index is 11.5. The Balaban J connectivity index is 2.19. The molecule has 1 heterocycles. The van der Waals surface area contributed by atoms with E-state index >= 15 is 0 Å². The highest BCUT2D eigenvalue weighted by Crippen LogP contribution is 2.17. The lowest BCUT2D eigenvalue weighted by atomic mass is 10.2. The van der Waals surface area contributed by atoms with Gasteiger partial charge in [-0.2, -0.15) is 4.57 Å². The smallest absolute Gasteiger partial charge is 0.373 e. The summed E-state index contributed by atoms with van der Waals surface area (Å²) in [6.07, 6.45) is 1.57. The molecule has 0 radical (unpaired) electrons. The molecule has 0 N–H and O–H groups in total. The zero-order valence-electron chi connectivity index (χ0n) is 9.68. The lowest BCUT2D eigenvalue weighted by Crippen LogP contribution is -2.37. The maximum Gasteiger partial charge on any atom is 0.373 e. The Bertz CT molecular complexity index is 560. The summed E-state index contributed by atoms with van der Waals surface area (Å²) in [5, 5.41) is 0. The van der Waals surface area contributed by atoms with Crippen LogP contribution in [0.15, 0.2) is 36.4 Å². The third-order valence-corrected chi connectivity index (χ3v) is 3.33. The third-order valence-electron chi connectivity index (χ3n) is 2.39. The van der Waals surface area contributed by atoms with Crippen molar-refractivity contribution in [2.45, 2.75) is 13.5 Å². The number of hydrogen-bond acceptors (Lipinski definition) is 3. The summed E-state index contributed by atoms with van der Waals surface area (Å²) in [6, 6.07) is 6.19. The minimum Gasteiger partial charge on any atom is -0.457 e. The molecule has 0 aliphatic carbocycles. The van der Waals surface area contributed by atoms with E-state index < -0.39 is 0 Å². The van der Waals surface area contributed by atoms with Crippen molar-refractivity contribution in [1.82, 2.24) is 0 Å². The predicted octanol–water partition coefficient (Wildman–Crippen LogP) is 2.23. The Morgan fingerprint density at radius 1 is 1.59 bits per heavy atom. The summed E-state index contributed by atoms with van der Waals surface area (Å²) in [5.41, 5.74) is 4.23. The van der Waals surface area contributed by atoms with Gasteiger partial charge < -0.3 is 4.74 Å². The number of hydrogen-bond donors (Lipinski definition) is 0. The summed E-state index contributed by atoms with van der Waals surface area (Å²) in [6.45, 7) is 6.08. The Morgan fingerprint density at radius 3 is 3.18 bits per heavy atom. The van der Waals surface area contributed by atoms with Crippen molar-refractivity contribution < 1.29 is 14.1 Å². The van der Waals surface area contributed by atoms with Crippen LogP contribution in [0.5, 0.6) is 0 Å². The SMILES string of the molecule is C=CCOC(=O)C[n+]1csc2cc(C)ccc21. The molecule has 0 aliphatic heterocycles. The van der Waals surface area contributed by atoms with E-state index in [9.17, 15) is 4.79 Å². The third kappa shape index (κ3) is 2.71. The van der Waals surface area contributed by atoms with E-state index in [2.05, 4.69) is 19.6 Å². The number of ether oxygens (including phenoxy) is 1. The second-order valence-electron chi connectivity index (χ2n) is 3.79. The van der Waals surface area contributed by atoms with Gasteiger partial charge in [0.25, 0.3) is 0 Å². The van der Waals surface area contributed by atoms with E-state index in [4.69, 9.17) is 4.74 Å². The Labute approximate surface area is 104 Å². The first-order chi connectivity index (χ1) is 8.20. The van der Waals surface area contributed by atoms with E-state index in [-0.39, 0.29) is 19.1 Å². The zero-order valence-corrected chi connectivity index (χ0v) is 10.5. The number of thiazole rings is 1. The largest absolute Gasteiger partial charge is 0.457 e. The van der Waals surface area contributed by atoms with Crippen molar-refractivity contribution in [2.75, 3.05) is 6.61 Å². The average Bonchev–Trinajstić information content (AvgIpc) is 2.69. The molecule has 3 nitrogen and oxygen atoms in total. The van der Waals surface area contributed by atoms with Crippen molar-refractivity contribution in [3.63, 3.8) is 0 Å². The Hall–Kier alpha value is -1.68. The monoisotopic (exact) mass is 248 g/mol. The molecule has 0 saturated heterocycles. The van der Waals surface area contributed by atoms with E-state index in [0.29, 0.717) is 0 Å². The van der Waals surface area contributed by atoms with Crippen molar-refractivity contribution >= 4 is 27.5 Å². The first-order valence-electron chi connectivity index (χ1n) is 5.34. The lowest BCUT2D eigenvalue weighted by molar-refractivity contribution is -0.655. The molecule has 2 aromatic rings. The van der Waals surface area contributed by atoms with Gasteiger partial charge in [-0.3, -0.25) is 0 Å². The van der Waals surface area contributed by atoms with Crippen LogP contribution in [-0.2, 0) is 16.1 Å². The number of esters is 1. The molecule has 1 aromatic heterocycles. The Kier molecular flexibility index (Phi) is 3.54. The molecule has 17 heavy (non-hydrogen) atoms. The molecule has 2 rings (SSSR count). The van der Waals surface area contributed by atoms with Gasteiger partial charge in [0.1, 0.15) is 11.3 Å². The van der Waals surface area contributed by atoms with Crippen molar-refractivity contribution in [2.24, 2.45) is 0 Å². The van der Waals surface area contributed by atoms with Gasteiger partial charge >= 0.3 is 5.97 Å². The molecular formula is C13H14NO2S+. The van der Waals surface area contributed by atoms with Crippen LogP contribution in [-0.4, -0.2) is 12.6 Å². The number of carbonyl (C=O) groups is 1. The van der Waals surface area contributed by atoms with Gasteiger partial charge in [0.15, 0.2) is 0 Å². The number of nitrogens with zero attached hydrogens (tertiary/aromatic N) is 1. The van der Waals surface area contributed by atoms with Gasteiger partial charge in [-0.05, 0) is 18.6 Å². The number of fused-ring (bicyclic) bond motifs is 1. The van der Waals surface area contributed by atoms with E-state index in [1.165, 1.54) is 10.3 Å². The molecular weight excluding hydrogens is 234 g/mol. The summed E-state index contributed by atoms with van der Waals surface area (Å²) in [4.78, 5) is 11.5. The molecule has 0 aliphatic rings. The van der Waals surface area contributed by atoms with Gasteiger partial charge in [0, 0.05) is 6.07 Å². The molecule has 0 spiro atoms. The van der Waals surface area contributed by atoms with Crippen molar-refractivity contribution in [3.8, 4) is 0 Å². The number of benzene rings is 1. The normalized spacial score (nSPS) is 10.4. The molecule has 1 aromatic carbocycles. The molecule has 0 bridgehead atoms.